The zero-order chi connectivity index (χ0) is 30.5. The van der Waals surface area contributed by atoms with Crippen LogP contribution in [-0.4, -0.2) is 14.5 Å². The molecule has 5 heteroatoms. The number of fused-ring (bicyclic) bond motifs is 4. The molecule has 0 aliphatic carbocycles. The third kappa shape index (κ3) is 5.08. The van der Waals surface area contributed by atoms with Crippen LogP contribution < -0.4 is 0 Å². The van der Waals surface area contributed by atoms with Crippen molar-refractivity contribution < 1.29 is 25.5 Å². The van der Waals surface area contributed by atoms with Crippen LogP contribution in [0.5, 0.6) is 0 Å². The SMILES string of the molecule is [Pt+2].[c-]1c(-c2ccccn2)cccc1-n1c2[c-]c(-c3nc4ccccc4o3)ccc2c2cccc(-c3ccc(-c4ccccc4)cc3)c21. The van der Waals surface area contributed by atoms with Gasteiger partial charge < -0.3 is 14.0 Å². The molecule has 0 amide bonds. The molecular formula is C42H25N3OPt. The summed E-state index contributed by atoms with van der Waals surface area (Å²) < 4.78 is 8.44. The first-order chi connectivity index (χ1) is 22.8. The minimum absolute atomic E-state index is 0. The van der Waals surface area contributed by atoms with Crippen LogP contribution >= 0.6 is 0 Å². The molecule has 0 aliphatic heterocycles. The number of pyridine rings is 1. The molecule has 3 heterocycles. The van der Waals surface area contributed by atoms with E-state index in [2.05, 4.69) is 113 Å². The van der Waals surface area contributed by atoms with Gasteiger partial charge in [0.05, 0.1) is 5.52 Å². The Balaban J connectivity index is 0.00000324. The Labute approximate surface area is 286 Å². The summed E-state index contributed by atoms with van der Waals surface area (Å²) in [6.45, 7) is 0. The van der Waals surface area contributed by atoms with Crippen molar-refractivity contribution in [3.8, 4) is 50.7 Å². The Morgan fingerprint density at radius 2 is 1.32 bits per heavy atom. The van der Waals surface area contributed by atoms with E-state index in [0.29, 0.717) is 5.89 Å². The van der Waals surface area contributed by atoms with Crippen LogP contribution in [0, 0.1) is 12.1 Å². The van der Waals surface area contributed by atoms with E-state index in [9.17, 15) is 0 Å². The van der Waals surface area contributed by atoms with Crippen LogP contribution in [0.25, 0.3) is 83.6 Å². The molecule has 0 saturated heterocycles. The standard InChI is InChI=1S/C42H25N3O.Pt/c1-2-10-28(11-3-1)29-19-21-30(22-20-29)34-14-9-15-36-35-24-23-32(42-44-38-17-4-5-18-40(38)46-42)27-39(35)45(41(34)36)33-13-8-12-31(26-33)37-16-6-7-25-43-37;/h1-25H;/q-2;+2. The van der Waals surface area contributed by atoms with Crippen LogP contribution in [0.3, 0.4) is 0 Å². The molecule has 4 nitrogen and oxygen atoms in total. The van der Waals surface area contributed by atoms with Crippen LogP contribution in [-0.2, 0) is 21.1 Å². The van der Waals surface area contributed by atoms with Crippen molar-refractivity contribution >= 4 is 32.9 Å². The second-order valence-electron chi connectivity index (χ2n) is 11.3. The molecule has 0 atom stereocenters. The van der Waals surface area contributed by atoms with Crippen molar-refractivity contribution in [3.05, 3.63) is 164 Å². The Hall–Kier alpha value is -5.57. The van der Waals surface area contributed by atoms with Gasteiger partial charge in [0.1, 0.15) is 11.5 Å². The third-order valence-corrected chi connectivity index (χ3v) is 8.49. The molecule has 0 N–H and O–H groups in total. The molecule has 0 aliphatic rings. The Morgan fingerprint density at radius 1 is 0.553 bits per heavy atom. The van der Waals surface area contributed by atoms with Crippen LogP contribution in [0.2, 0.25) is 0 Å². The van der Waals surface area contributed by atoms with Crippen LogP contribution in [0.15, 0.2) is 156 Å². The zero-order valence-corrected chi connectivity index (χ0v) is 27.3. The van der Waals surface area contributed by atoms with E-state index in [0.717, 1.165) is 66.5 Å². The van der Waals surface area contributed by atoms with E-state index in [1.165, 1.54) is 11.1 Å². The maximum absolute atomic E-state index is 6.17. The molecule has 0 bridgehead atoms. The van der Waals surface area contributed by atoms with Gasteiger partial charge in [-0.3, -0.25) is 4.98 Å². The fourth-order valence-corrected chi connectivity index (χ4v) is 6.31. The first kappa shape index (κ1) is 28.9. The third-order valence-electron chi connectivity index (χ3n) is 8.49. The van der Waals surface area contributed by atoms with E-state index in [1.807, 2.05) is 60.8 Å². The van der Waals surface area contributed by atoms with Crippen LogP contribution in [0.1, 0.15) is 0 Å². The number of para-hydroxylation sites is 3. The van der Waals surface area contributed by atoms with Crippen molar-refractivity contribution in [2.45, 2.75) is 0 Å². The molecule has 0 radical (unpaired) electrons. The molecule has 0 spiro atoms. The first-order valence-corrected chi connectivity index (χ1v) is 15.3. The number of benzene rings is 6. The Morgan fingerprint density at radius 3 is 2.15 bits per heavy atom. The zero-order valence-electron chi connectivity index (χ0n) is 25.0. The van der Waals surface area contributed by atoms with Crippen molar-refractivity contribution in [1.82, 2.24) is 14.5 Å². The molecule has 9 aromatic rings. The second-order valence-corrected chi connectivity index (χ2v) is 11.3. The Bertz CT molecular complexity index is 2480. The molecule has 3 aromatic heterocycles. The number of hydrogen-bond donors (Lipinski definition) is 0. The fourth-order valence-electron chi connectivity index (χ4n) is 6.31. The monoisotopic (exact) mass is 782 g/mol. The molecule has 0 saturated carbocycles. The van der Waals surface area contributed by atoms with Gasteiger partial charge in [-0.1, -0.05) is 108 Å². The van der Waals surface area contributed by atoms with E-state index >= 15 is 0 Å². The maximum Gasteiger partial charge on any atom is 2.00 e. The molecule has 0 unspecified atom stereocenters. The fraction of sp³-hybridized carbons (Fsp3) is 0. The number of oxazole rings is 1. The predicted octanol–water partition coefficient (Wildman–Crippen LogP) is 10.6. The van der Waals surface area contributed by atoms with Crippen molar-refractivity contribution in [2.24, 2.45) is 0 Å². The summed E-state index contributed by atoms with van der Waals surface area (Å²) in [5.41, 5.74) is 11.7. The summed E-state index contributed by atoms with van der Waals surface area (Å²) in [7, 11) is 0. The summed E-state index contributed by atoms with van der Waals surface area (Å²) in [6, 6.07) is 57.4. The summed E-state index contributed by atoms with van der Waals surface area (Å²) in [4.78, 5) is 9.37. The quantitative estimate of drug-likeness (QED) is 0.163. The average molecular weight is 783 g/mol. The van der Waals surface area contributed by atoms with Crippen molar-refractivity contribution in [1.29, 1.82) is 0 Å². The van der Waals surface area contributed by atoms with Crippen molar-refractivity contribution in [3.63, 3.8) is 0 Å². The van der Waals surface area contributed by atoms with E-state index in [-0.39, 0.29) is 21.1 Å². The minimum atomic E-state index is 0. The summed E-state index contributed by atoms with van der Waals surface area (Å²) >= 11 is 0. The molecule has 47 heavy (non-hydrogen) atoms. The Kier molecular flexibility index (Phi) is 7.36. The second kappa shape index (κ2) is 12.0. The number of aromatic nitrogens is 3. The van der Waals surface area contributed by atoms with E-state index in [4.69, 9.17) is 9.40 Å². The van der Waals surface area contributed by atoms with Gasteiger partial charge in [0.15, 0.2) is 0 Å². The van der Waals surface area contributed by atoms with Gasteiger partial charge in [0.25, 0.3) is 0 Å². The maximum atomic E-state index is 6.17. The smallest absolute Gasteiger partial charge is 0.481 e. The number of hydrogen-bond acceptors (Lipinski definition) is 3. The van der Waals surface area contributed by atoms with E-state index in [1.54, 1.807) is 0 Å². The van der Waals surface area contributed by atoms with E-state index < -0.39 is 0 Å². The molecule has 9 rings (SSSR count). The largest absolute Gasteiger partial charge is 2.00 e. The van der Waals surface area contributed by atoms with Gasteiger partial charge in [-0.25, -0.2) is 0 Å². The summed E-state index contributed by atoms with van der Waals surface area (Å²) in [5.74, 6) is 0.544. The van der Waals surface area contributed by atoms with Gasteiger partial charge in [-0.05, 0) is 57.2 Å². The topological polar surface area (TPSA) is 43.9 Å². The first-order valence-electron chi connectivity index (χ1n) is 15.3. The van der Waals surface area contributed by atoms with Gasteiger partial charge in [0.2, 0.25) is 0 Å². The molecular weight excluding hydrogens is 758 g/mol. The van der Waals surface area contributed by atoms with Gasteiger partial charge in [-0.15, -0.1) is 48.0 Å². The number of nitrogens with zero attached hydrogens (tertiary/aromatic N) is 3. The normalized spacial score (nSPS) is 11.2. The molecule has 224 valence electrons. The summed E-state index contributed by atoms with van der Waals surface area (Å²) in [6.07, 6.45) is 1.81. The molecule has 6 aromatic carbocycles. The minimum Gasteiger partial charge on any atom is -0.481 e. The van der Waals surface area contributed by atoms with Crippen molar-refractivity contribution in [2.75, 3.05) is 0 Å². The predicted molar refractivity (Wildman–Crippen MR) is 186 cm³/mol. The summed E-state index contributed by atoms with van der Waals surface area (Å²) in [5, 5.41) is 2.23. The number of rotatable bonds is 5. The molecule has 0 fully saturated rings. The van der Waals surface area contributed by atoms with Crippen LogP contribution in [0.4, 0.5) is 0 Å². The van der Waals surface area contributed by atoms with Gasteiger partial charge in [0, 0.05) is 17.3 Å². The van der Waals surface area contributed by atoms with Gasteiger partial charge in [-0.2, -0.15) is 0 Å². The average Bonchev–Trinajstić information content (AvgIpc) is 3.72. The van der Waals surface area contributed by atoms with Gasteiger partial charge >= 0.3 is 21.1 Å².